The van der Waals surface area contributed by atoms with Crippen LogP contribution < -0.4 is 10.9 Å². The van der Waals surface area contributed by atoms with Gasteiger partial charge in [-0.25, -0.2) is 8.42 Å². The van der Waals surface area contributed by atoms with Crippen LogP contribution in [-0.2, 0) is 27.5 Å². The van der Waals surface area contributed by atoms with Crippen molar-refractivity contribution in [1.82, 2.24) is 10.9 Å². The summed E-state index contributed by atoms with van der Waals surface area (Å²) in [5.41, 5.74) is 6.08. The van der Waals surface area contributed by atoms with Gasteiger partial charge in [0.05, 0.1) is 16.4 Å². The van der Waals surface area contributed by atoms with Crippen LogP contribution in [0.1, 0.15) is 46.3 Å². The maximum Gasteiger partial charge on any atom is 0.279 e. The monoisotopic (exact) mass is 370 g/mol. The first-order chi connectivity index (χ1) is 11.3. The fraction of sp³-hybridized carbons (Fsp3) is 0.625. The van der Waals surface area contributed by atoms with E-state index < -0.39 is 9.84 Å². The van der Waals surface area contributed by atoms with Gasteiger partial charge in [0.2, 0.25) is 5.91 Å². The molecule has 2 atom stereocenters. The third kappa shape index (κ3) is 4.16. The van der Waals surface area contributed by atoms with Gasteiger partial charge in [-0.2, -0.15) is 0 Å². The minimum Gasteiger partial charge on any atom is -0.273 e. The molecule has 1 aromatic heterocycles. The second-order valence-corrected chi connectivity index (χ2v) is 10.2. The van der Waals surface area contributed by atoms with Gasteiger partial charge in [-0.15, -0.1) is 11.3 Å². The van der Waals surface area contributed by atoms with E-state index in [4.69, 9.17) is 0 Å². The first-order valence-corrected chi connectivity index (χ1v) is 10.9. The molecule has 2 unspecified atom stereocenters. The summed E-state index contributed by atoms with van der Waals surface area (Å²) < 4.78 is 22.8. The van der Waals surface area contributed by atoms with Gasteiger partial charge >= 0.3 is 0 Å². The lowest BCUT2D eigenvalue weighted by Crippen LogP contribution is -2.42. The Balaban J connectivity index is 1.50. The van der Waals surface area contributed by atoms with E-state index in [2.05, 4.69) is 17.8 Å². The lowest BCUT2D eigenvalue weighted by atomic mass is 9.90. The van der Waals surface area contributed by atoms with Gasteiger partial charge in [-0.1, -0.05) is 6.92 Å². The van der Waals surface area contributed by atoms with Gasteiger partial charge in [0.1, 0.15) is 0 Å². The highest BCUT2D eigenvalue weighted by molar-refractivity contribution is 7.91. The topological polar surface area (TPSA) is 92.3 Å². The van der Waals surface area contributed by atoms with E-state index in [1.807, 2.05) is 6.07 Å². The second kappa shape index (κ2) is 6.84. The second-order valence-electron chi connectivity index (χ2n) is 6.88. The predicted molar refractivity (Wildman–Crippen MR) is 92.5 cm³/mol. The molecule has 1 aromatic rings. The van der Waals surface area contributed by atoms with Crippen LogP contribution in [0.5, 0.6) is 0 Å². The molecule has 1 fully saturated rings. The van der Waals surface area contributed by atoms with E-state index in [1.165, 1.54) is 21.8 Å². The standard InChI is InChI=1S/C16H22N2O4S2/c1-10-2-3-13-12(6-10)8-14(23-13)16(20)18-17-15(19)7-11-4-5-24(21,22)9-11/h8,10-11H,2-7,9H2,1H3,(H,17,19)(H,18,20). The van der Waals surface area contributed by atoms with Gasteiger partial charge in [0, 0.05) is 11.3 Å². The Morgan fingerprint density at radius 1 is 1.29 bits per heavy atom. The largest absolute Gasteiger partial charge is 0.279 e. The van der Waals surface area contributed by atoms with Crippen molar-refractivity contribution in [1.29, 1.82) is 0 Å². The quantitative estimate of drug-likeness (QED) is 0.788. The zero-order valence-electron chi connectivity index (χ0n) is 13.6. The van der Waals surface area contributed by atoms with Crippen molar-refractivity contribution in [3.05, 3.63) is 21.4 Å². The maximum atomic E-state index is 12.2. The molecule has 2 heterocycles. The zero-order chi connectivity index (χ0) is 17.3. The van der Waals surface area contributed by atoms with E-state index in [9.17, 15) is 18.0 Å². The maximum absolute atomic E-state index is 12.2. The Kier molecular flexibility index (Phi) is 4.96. The van der Waals surface area contributed by atoms with E-state index in [1.54, 1.807) is 0 Å². The highest BCUT2D eigenvalue weighted by atomic mass is 32.2. The zero-order valence-corrected chi connectivity index (χ0v) is 15.3. The van der Waals surface area contributed by atoms with E-state index in [-0.39, 0.29) is 35.7 Å². The van der Waals surface area contributed by atoms with Crippen molar-refractivity contribution >= 4 is 33.0 Å². The third-order valence-electron chi connectivity index (χ3n) is 4.67. The molecule has 1 saturated heterocycles. The number of thiophene rings is 1. The minimum atomic E-state index is -2.99. The lowest BCUT2D eigenvalue weighted by Gasteiger charge is -2.16. The smallest absolute Gasteiger partial charge is 0.273 e. The summed E-state index contributed by atoms with van der Waals surface area (Å²) in [6, 6.07) is 1.92. The molecule has 0 radical (unpaired) electrons. The van der Waals surface area contributed by atoms with E-state index in [0.29, 0.717) is 17.2 Å². The van der Waals surface area contributed by atoms with Crippen molar-refractivity contribution in [2.75, 3.05) is 11.5 Å². The Labute approximate surface area is 145 Å². The molecule has 132 valence electrons. The number of hydrogen-bond donors (Lipinski definition) is 2. The molecule has 3 rings (SSSR count). The molecular formula is C16H22N2O4S2. The average molecular weight is 370 g/mol. The van der Waals surface area contributed by atoms with Gasteiger partial charge in [0.25, 0.3) is 5.91 Å². The number of carbonyl (C=O) groups is 2. The molecule has 0 saturated carbocycles. The lowest BCUT2D eigenvalue weighted by molar-refractivity contribution is -0.122. The van der Waals surface area contributed by atoms with Crippen molar-refractivity contribution in [2.45, 2.75) is 39.0 Å². The highest BCUT2D eigenvalue weighted by Gasteiger charge is 2.29. The van der Waals surface area contributed by atoms with Gasteiger partial charge < -0.3 is 0 Å². The molecule has 2 aliphatic rings. The number of nitrogens with one attached hydrogen (secondary N) is 2. The van der Waals surface area contributed by atoms with Crippen LogP contribution >= 0.6 is 11.3 Å². The Bertz CT molecular complexity index is 754. The number of hydrazine groups is 1. The number of sulfone groups is 1. The minimum absolute atomic E-state index is 0.0597. The number of fused-ring (bicyclic) bond motifs is 1. The van der Waals surface area contributed by atoms with Crippen LogP contribution in [0.25, 0.3) is 0 Å². The molecule has 1 aliphatic carbocycles. The molecular weight excluding hydrogens is 348 g/mol. The van der Waals surface area contributed by atoms with Crippen LogP contribution in [0.15, 0.2) is 6.07 Å². The molecule has 6 nitrogen and oxygen atoms in total. The number of rotatable bonds is 3. The van der Waals surface area contributed by atoms with Crippen molar-refractivity contribution < 1.29 is 18.0 Å². The molecule has 8 heteroatoms. The van der Waals surface area contributed by atoms with Crippen LogP contribution in [0, 0.1) is 11.8 Å². The normalized spacial score (nSPS) is 25.0. The summed E-state index contributed by atoms with van der Waals surface area (Å²) in [6.45, 7) is 2.21. The molecule has 2 N–H and O–H groups in total. The summed E-state index contributed by atoms with van der Waals surface area (Å²) >= 11 is 1.49. The van der Waals surface area contributed by atoms with Crippen molar-refractivity contribution in [3.8, 4) is 0 Å². The molecule has 24 heavy (non-hydrogen) atoms. The third-order valence-corrected chi connectivity index (χ3v) is 7.74. The summed E-state index contributed by atoms with van der Waals surface area (Å²) in [4.78, 5) is 25.9. The fourth-order valence-corrected chi connectivity index (χ4v) is 6.32. The Morgan fingerprint density at radius 2 is 2.08 bits per heavy atom. The van der Waals surface area contributed by atoms with E-state index >= 15 is 0 Å². The van der Waals surface area contributed by atoms with E-state index in [0.717, 1.165) is 19.3 Å². The van der Waals surface area contributed by atoms with Gasteiger partial charge in [-0.3, -0.25) is 20.4 Å². The van der Waals surface area contributed by atoms with Crippen LogP contribution in [-0.4, -0.2) is 31.7 Å². The summed E-state index contributed by atoms with van der Waals surface area (Å²) in [7, 11) is -2.99. The predicted octanol–water partition coefficient (Wildman–Crippen LogP) is 1.46. The highest BCUT2D eigenvalue weighted by Crippen LogP contribution is 2.32. The molecule has 0 spiro atoms. The van der Waals surface area contributed by atoms with Crippen LogP contribution in [0.2, 0.25) is 0 Å². The fourth-order valence-electron chi connectivity index (χ4n) is 3.35. The molecule has 1 aliphatic heterocycles. The number of carbonyl (C=O) groups excluding carboxylic acids is 2. The number of aryl methyl sites for hydroxylation is 1. The molecule has 0 aromatic carbocycles. The summed E-state index contributed by atoms with van der Waals surface area (Å²) in [6.07, 6.45) is 3.80. The summed E-state index contributed by atoms with van der Waals surface area (Å²) in [5, 5.41) is 0. The first kappa shape index (κ1) is 17.4. The number of amides is 2. The molecule has 0 bridgehead atoms. The van der Waals surface area contributed by atoms with Gasteiger partial charge in [-0.05, 0) is 49.1 Å². The van der Waals surface area contributed by atoms with Gasteiger partial charge in [0.15, 0.2) is 9.84 Å². The average Bonchev–Trinajstić information content (AvgIpc) is 3.07. The first-order valence-electron chi connectivity index (χ1n) is 8.23. The van der Waals surface area contributed by atoms with Crippen LogP contribution in [0.4, 0.5) is 0 Å². The van der Waals surface area contributed by atoms with Crippen molar-refractivity contribution in [2.24, 2.45) is 11.8 Å². The molecule has 2 amide bonds. The summed E-state index contributed by atoms with van der Waals surface area (Å²) in [5.74, 6) is 0.0448. The SMILES string of the molecule is CC1CCc2sc(C(=O)NNC(=O)CC3CCS(=O)(=O)C3)cc2C1. The number of hydrogen-bond acceptors (Lipinski definition) is 5. The Morgan fingerprint density at radius 3 is 2.79 bits per heavy atom. The Hall–Kier alpha value is -1.41. The van der Waals surface area contributed by atoms with Crippen LogP contribution in [0.3, 0.4) is 0 Å². The van der Waals surface area contributed by atoms with Crippen molar-refractivity contribution in [3.63, 3.8) is 0 Å².